The highest BCUT2D eigenvalue weighted by Crippen LogP contribution is 2.44. The van der Waals surface area contributed by atoms with E-state index in [2.05, 4.69) is 5.32 Å². The lowest BCUT2D eigenvalue weighted by molar-refractivity contribution is -0.125. The molecule has 1 saturated heterocycles. The van der Waals surface area contributed by atoms with Crippen molar-refractivity contribution in [3.05, 3.63) is 30.1 Å². The number of thioether (sulfide) groups is 1. The van der Waals surface area contributed by atoms with E-state index in [4.69, 9.17) is 5.73 Å². The molecule has 1 heterocycles. The lowest BCUT2D eigenvalue weighted by Crippen LogP contribution is -2.63. The molecule has 3 nitrogen and oxygen atoms in total. The van der Waals surface area contributed by atoms with Gasteiger partial charge < -0.3 is 11.1 Å². The number of carbonyl (C=O) groups is 1. The van der Waals surface area contributed by atoms with Crippen LogP contribution in [0.3, 0.4) is 0 Å². The highest BCUT2D eigenvalue weighted by atomic mass is 32.2. The number of hydrogen-bond acceptors (Lipinski definition) is 3. The van der Waals surface area contributed by atoms with E-state index in [9.17, 15) is 9.18 Å². The van der Waals surface area contributed by atoms with Gasteiger partial charge in [-0.1, -0.05) is 19.9 Å². The predicted molar refractivity (Wildman–Crippen MR) is 77.7 cm³/mol. The summed E-state index contributed by atoms with van der Waals surface area (Å²) in [6.45, 7) is 4.06. The van der Waals surface area contributed by atoms with E-state index in [1.165, 1.54) is 12.1 Å². The van der Waals surface area contributed by atoms with Gasteiger partial charge in [-0.15, -0.1) is 0 Å². The van der Waals surface area contributed by atoms with Gasteiger partial charge in [0, 0.05) is 11.4 Å². The van der Waals surface area contributed by atoms with Crippen molar-refractivity contribution < 1.29 is 9.18 Å². The van der Waals surface area contributed by atoms with E-state index < -0.39 is 5.54 Å². The highest BCUT2D eigenvalue weighted by Gasteiger charge is 2.51. The number of carbonyl (C=O) groups excluding carboxylic acids is 1. The third kappa shape index (κ3) is 2.56. The van der Waals surface area contributed by atoms with Crippen molar-refractivity contribution in [2.45, 2.75) is 25.8 Å². The Kier molecular flexibility index (Phi) is 3.76. The lowest BCUT2D eigenvalue weighted by atomic mass is 9.70. The maximum atomic E-state index is 13.3. The average molecular weight is 282 g/mol. The molecule has 0 saturated carbocycles. The van der Waals surface area contributed by atoms with Crippen LogP contribution in [-0.2, 0) is 4.79 Å². The summed E-state index contributed by atoms with van der Waals surface area (Å²) in [7, 11) is 0. The monoisotopic (exact) mass is 282 g/mol. The molecule has 1 aliphatic heterocycles. The van der Waals surface area contributed by atoms with Crippen molar-refractivity contribution in [2.75, 3.05) is 16.8 Å². The van der Waals surface area contributed by atoms with Crippen molar-refractivity contribution in [1.82, 2.24) is 0 Å². The van der Waals surface area contributed by atoms with E-state index in [-0.39, 0.29) is 17.1 Å². The summed E-state index contributed by atoms with van der Waals surface area (Å²) in [4.78, 5) is 12.0. The second kappa shape index (κ2) is 5.04. The van der Waals surface area contributed by atoms with Crippen LogP contribution in [0.2, 0.25) is 0 Å². The first-order valence-electron chi connectivity index (χ1n) is 6.29. The van der Waals surface area contributed by atoms with Crippen molar-refractivity contribution in [1.29, 1.82) is 0 Å². The number of rotatable bonds is 3. The van der Waals surface area contributed by atoms with Crippen LogP contribution in [-0.4, -0.2) is 23.0 Å². The van der Waals surface area contributed by atoms with Crippen LogP contribution in [0, 0.1) is 11.2 Å². The molecule has 0 radical (unpaired) electrons. The van der Waals surface area contributed by atoms with E-state index in [1.54, 1.807) is 23.9 Å². The molecule has 1 atom stereocenters. The van der Waals surface area contributed by atoms with Gasteiger partial charge in [-0.05, 0) is 35.8 Å². The van der Waals surface area contributed by atoms with Crippen molar-refractivity contribution in [2.24, 2.45) is 11.1 Å². The van der Waals surface area contributed by atoms with Crippen LogP contribution in [0.15, 0.2) is 24.3 Å². The van der Waals surface area contributed by atoms with Gasteiger partial charge in [-0.25, -0.2) is 4.39 Å². The molecule has 0 bridgehead atoms. The standard InChI is InChI=1S/C14H19FN2OS/c1-13(2)6-7-19-9-14(13,12(16)18)17-11-5-3-4-10(15)8-11/h3-5,8,17H,6-7,9H2,1-2H3,(H2,16,18). The number of amides is 1. The minimum atomic E-state index is -0.844. The molecule has 19 heavy (non-hydrogen) atoms. The molecule has 3 N–H and O–H groups in total. The molecule has 1 fully saturated rings. The van der Waals surface area contributed by atoms with E-state index in [0.29, 0.717) is 11.4 Å². The van der Waals surface area contributed by atoms with Crippen LogP contribution in [0.25, 0.3) is 0 Å². The fourth-order valence-corrected chi connectivity index (χ4v) is 4.16. The molecule has 1 unspecified atom stereocenters. The Hall–Kier alpha value is -1.23. The summed E-state index contributed by atoms with van der Waals surface area (Å²) in [5.74, 6) is 0.901. The quantitative estimate of drug-likeness (QED) is 0.896. The minimum absolute atomic E-state index is 0.267. The van der Waals surface area contributed by atoms with E-state index in [0.717, 1.165) is 12.2 Å². The first-order valence-corrected chi connectivity index (χ1v) is 7.44. The number of nitrogens with one attached hydrogen (secondary N) is 1. The zero-order chi connectivity index (χ0) is 14.1. The Morgan fingerprint density at radius 2 is 2.21 bits per heavy atom. The first-order chi connectivity index (χ1) is 8.87. The Bertz CT molecular complexity index is 492. The highest BCUT2D eigenvalue weighted by molar-refractivity contribution is 7.99. The molecule has 1 aromatic carbocycles. The van der Waals surface area contributed by atoms with Gasteiger partial charge in [-0.2, -0.15) is 11.8 Å². The molecule has 5 heteroatoms. The van der Waals surface area contributed by atoms with Gasteiger partial charge in [0.1, 0.15) is 11.4 Å². The second-order valence-electron chi connectivity index (χ2n) is 5.59. The van der Waals surface area contributed by atoms with Crippen molar-refractivity contribution in [3.63, 3.8) is 0 Å². The predicted octanol–water partition coefficient (Wildman–Crippen LogP) is 2.62. The summed E-state index contributed by atoms with van der Waals surface area (Å²) in [6, 6.07) is 6.14. The Morgan fingerprint density at radius 1 is 1.47 bits per heavy atom. The van der Waals surface area contributed by atoms with Crippen LogP contribution in [0.1, 0.15) is 20.3 Å². The van der Waals surface area contributed by atoms with Crippen LogP contribution in [0.4, 0.5) is 10.1 Å². The fourth-order valence-electron chi connectivity index (χ4n) is 2.45. The Morgan fingerprint density at radius 3 is 2.79 bits per heavy atom. The molecule has 2 rings (SSSR count). The first kappa shape index (κ1) is 14.2. The summed E-state index contributed by atoms with van der Waals surface area (Å²) >= 11 is 1.70. The molecule has 0 spiro atoms. The number of hydrogen-bond donors (Lipinski definition) is 2. The summed E-state index contributed by atoms with van der Waals surface area (Å²) < 4.78 is 13.3. The van der Waals surface area contributed by atoms with Crippen molar-refractivity contribution in [3.8, 4) is 0 Å². The minimum Gasteiger partial charge on any atom is -0.370 e. The maximum absolute atomic E-state index is 13.3. The zero-order valence-corrected chi connectivity index (χ0v) is 12.0. The number of primary amides is 1. The molecular formula is C14H19FN2OS. The van der Waals surface area contributed by atoms with Gasteiger partial charge in [0.05, 0.1) is 0 Å². The maximum Gasteiger partial charge on any atom is 0.244 e. The number of halogens is 1. The topological polar surface area (TPSA) is 55.1 Å². The smallest absolute Gasteiger partial charge is 0.244 e. The second-order valence-corrected chi connectivity index (χ2v) is 6.70. The molecule has 104 valence electrons. The summed E-state index contributed by atoms with van der Waals surface area (Å²) in [5, 5.41) is 3.19. The van der Waals surface area contributed by atoms with Crippen LogP contribution >= 0.6 is 11.8 Å². The van der Waals surface area contributed by atoms with Crippen LogP contribution < -0.4 is 11.1 Å². The lowest BCUT2D eigenvalue weighted by Gasteiger charge is -2.48. The molecule has 0 aromatic heterocycles. The fraction of sp³-hybridized carbons (Fsp3) is 0.500. The average Bonchev–Trinajstić information content (AvgIpc) is 2.31. The van der Waals surface area contributed by atoms with Gasteiger partial charge in [-0.3, -0.25) is 4.79 Å². The molecule has 1 amide bonds. The molecule has 0 aliphatic carbocycles. The Labute approximate surface area is 117 Å². The van der Waals surface area contributed by atoms with Gasteiger partial charge in [0.15, 0.2) is 0 Å². The largest absolute Gasteiger partial charge is 0.370 e. The summed E-state index contributed by atoms with van der Waals surface area (Å²) in [6.07, 6.45) is 0.892. The molecular weight excluding hydrogens is 263 g/mol. The zero-order valence-electron chi connectivity index (χ0n) is 11.2. The Balaban J connectivity index is 2.37. The van der Waals surface area contributed by atoms with Crippen molar-refractivity contribution >= 4 is 23.4 Å². The molecule has 1 aromatic rings. The third-order valence-electron chi connectivity index (χ3n) is 3.95. The van der Waals surface area contributed by atoms with E-state index in [1.807, 2.05) is 13.8 Å². The number of benzene rings is 1. The number of anilines is 1. The van der Waals surface area contributed by atoms with Gasteiger partial charge in [0.2, 0.25) is 5.91 Å². The van der Waals surface area contributed by atoms with Crippen LogP contribution in [0.5, 0.6) is 0 Å². The van der Waals surface area contributed by atoms with Gasteiger partial charge in [0.25, 0.3) is 0 Å². The third-order valence-corrected chi connectivity index (χ3v) is 5.08. The number of nitrogens with two attached hydrogens (primary N) is 1. The SMILES string of the molecule is CC1(C)CCSCC1(Nc1cccc(F)c1)C(N)=O. The molecule has 1 aliphatic rings. The normalized spacial score (nSPS) is 25.8. The summed E-state index contributed by atoms with van der Waals surface area (Å²) in [5.41, 5.74) is 5.14. The van der Waals surface area contributed by atoms with Gasteiger partial charge >= 0.3 is 0 Å². The van der Waals surface area contributed by atoms with E-state index >= 15 is 0 Å².